The number of carbonyl (C=O) groups excluding carboxylic acids is 1. The van der Waals surface area contributed by atoms with Gasteiger partial charge in [-0.1, -0.05) is 30.3 Å². The quantitative estimate of drug-likeness (QED) is 0.719. The fourth-order valence-electron chi connectivity index (χ4n) is 4.23. The molecule has 2 fully saturated rings. The van der Waals surface area contributed by atoms with Gasteiger partial charge in [0.15, 0.2) is 5.82 Å². The lowest BCUT2D eigenvalue weighted by Gasteiger charge is -2.35. The number of anilines is 1. The number of sulfonamides is 1. The average molecular weight is 435 g/mol. The molecule has 0 unspecified atom stereocenters. The van der Waals surface area contributed by atoms with Crippen LogP contribution in [0.1, 0.15) is 44.0 Å². The molecule has 1 aliphatic carbocycles. The van der Waals surface area contributed by atoms with Crippen molar-refractivity contribution in [2.24, 2.45) is 0 Å². The highest BCUT2D eigenvalue weighted by molar-refractivity contribution is 7.89. The predicted octanol–water partition coefficient (Wildman–Crippen LogP) is 2.44. The Hall–Kier alpha value is -1.84. The maximum atomic E-state index is 12.1. The zero-order valence-electron chi connectivity index (χ0n) is 16.6. The van der Waals surface area contributed by atoms with Gasteiger partial charge in [-0.15, -0.1) is 0 Å². The largest absolute Gasteiger partial charge is 0.344 e. The van der Waals surface area contributed by atoms with Crippen molar-refractivity contribution in [1.82, 2.24) is 13.7 Å². The van der Waals surface area contributed by atoms with Crippen LogP contribution < -0.4 is 4.90 Å². The van der Waals surface area contributed by atoms with Crippen molar-refractivity contribution >= 4 is 32.5 Å². The highest BCUT2D eigenvalue weighted by Crippen LogP contribution is 2.43. The molecule has 0 N–H and O–H groups in total. The molecule has 0 atom stereocenters. The molecule has 1 saturated heterocycles. The summed E-state index contributed by atoms with van der Waals surface area (Å²) in [5.41, 5.74) is 0.841. The van der Waals surface area contributed by atoms with Crippen LogP contribution in [0.5, 0.6) is 0 Å². The number of aromatic nitrogens is 2. The Balaban J connectivity index is 1.57. The van der Waals surface area contributed by atoms with Gasteiger partial charge in [0, 0.05) is 50.6 Å². The van der Waals surface area contributed by atoms with Crippen molar-refractivity contribution in [3.05, 3.63) is 41.7 Å². The SMILES string of the molecule is CCS(=O)(=O)N1CCN(c2nc(C3(c4ccccc4)CCC(=O)CC3)ns2)CC1. The van der Waals surface area contributed by atoms with E-state index in [0.29, 0.717) is 44.8 Å². The second-order valence-corrected chi connectivity index (χ2v) is 10.7. The van der Waals surface area contributed by atoms with Crippen molar-refractivity contribution in [3.63, 3.8) is 0 Å². The second kappa shape index (κ2) is 8.12. The van der Waals surface area contributed by atoms with Gasteiger partial charge in [0.2, 0.25) is 15.2 Å². The van der Waals surface area contributed by atoms with E-state index in [9.17, 15) is 13.2 Å². The Labute approximate surface area is 176 Å². The van der Waals surface area contributed by atoms with E-state index < -0.39 is 10.0 Å². The Morgan fingerprint density at radius 2 is 1.72 bits per heavy atom. The molecule has 7 nitrogen and oxygen atoms in total. The van der Waals surface area contributed by atoms with E-state index >= 15 is 0 Å². The highest BCUT2D eigenvalue weighted by atomic mass is 32.2. The first-order chi connectivity index (χ1) is 13.9. The van der Waals surface area contributed by atoms with Gasteiger partial charge in [-0.3, -0.25) is 4.79 Å². The minimum Gasteiger partial charge on any atom is -0.344 e. The van der Waals surface area contributed by atoms with Gasteiger partial charge in [-0.25, -0.2) is 13.4 Å². The number of nitrogens with zero attached hydrogens (tertiary/aromatic N) is 4. The van der Waals surface area contributed by atoms with Gasteiger partial charge in [0.1, 0.15) is 5.78 Å². The van der Waals surface area contributed by atoms with Gasteiger partial charge < -0.3 is 4.90 Å². The van der Waals surface area contributed by atoms with Crippen LogP contribution in [-0.4, -0.2) is 59.8 Å². The van der Waals surface area contributed by atoms with Gasteiger partial charge in [0.25, 0.3) is 0 Å². The fourth-order valence-corrected chi connectivity index (χ4v) is 6.13. The third kappa shape index (κ3) is 3.95. The Morgan fingerprint density at radius 1 is 1.07 bits per heavy atom. The van der Waals surface area contributed by atoms with Crippen LogP contribution in [-0.2, 0) is 20.2 Å². The van der Waals surface area contributed by atoms with E-state index in [-0.39, 0.29) is 11.2 Å². The molecule has 1 aromatic carbocycles. The number of piperazine rings is 1. The first-order valence-electron chi connectivity index (χ1n) is 10.1. The fraction of sp³-hybridized carbons (Fsp3) is 0.550. The topological polar surface area (TPSA) is 83.5 Å². The number of carbonyl (C=O) groups is 1. The maximum absolute atomic E-state index is 12.1. The normalized spacial score (nSPS) is 20.7. The van der Waals surface area contributed by atoms with E-state index in [4.69, 9.17) is 9.36 Å². The molecule has 2 aromatic rings. The minimum atomic E-state index is -3.15. The molecular weight excluding hydrogens is 408 g/mol. The van der Waals surface area contributed by atoms with Crippen molar-refractivity contribution in [1.29, 1.82) is 0 Å². The molecule has 2 aliphatic rings. The Bertz CT molecular complexity index is 957. The van der Waals surface area contributed by atoms with E-state index in [0.717, 1.165) is 29.4 Å². The van der Waals surface area contributed by atoms with E-state index in [2.05, 4.69) is 17.0 Å². The molecule has 29 heavy (non-hydrogen) atoms. The van der Waals surface area contributed by atoms with Crippen LogP contribution in [0.3, 0.4) is 0 Å². The minimum absolute atomic E-state index is 0.133. The van der Waals surface area contributed by atoms with E-state index in [1.54, 1.807) is 11.2 Å². The van der Waals surface area contributed by atoms with Gasteiger partial charge in [-0.05, 0) is 25.3 Å². The van der Waals surface area contributed by atoms with E-state index in [1.807, 2.05) is 18.2 Å². The molecule has 156 valence electrons. The summed E-state index contributed by atoms with van der Waals surface area (Å²) in [5.74, 6) is 1.23. The zero-order valence-corrected chi connectivity index (χ0v) is 18.2. The first kappa shape index (κ1) is 20.4. The van der Waals surface area contributed by atoms with Gasteiger partial charge in [0.05, 0.1) is 11.2 Å². The lowest BCUT2D eigenvalue weighted by molar-refractivity contribution is -0.121. The van der Waals surface area contributed by atoms with Crippen molar-refractivity contribution < 1.29 is 13.2 Å². The number of hydrogen-bond donors (Lipinski definition) is 0. The molecule has 0 spiro atoms. The summed E-state index contributed by atoms with van der Waals surface area (Å²) in [6, 6.07) is 10.2. The third-order valence-electron chi connectivity index (χ3n) is 6.10. The van der Waals surface area contributed by atoms with Crippen molar-refractivity contribution in [2.75, 3.05) is 36.8 Å². The number of benzene rings is 1. The third-order valence-corrected chi connectivity index (χ3v) is 8.76. The molecule has 1 aromatic heterocycles. The van der Waals surface area contributed by atoms with Crippen LogP contribution >= 0.6 is 11.5 Å². The van der Waals surface area contributed by atoms with E-state index in [1.165, 1.54) is 11.5 Å². The lowest BCUT2D eigenvalue weighted by Crippen LogP contribution is -2.49. The molecule has 0 radical (unpaired) electrons. The molecular formula is C20H26N4O3S2. The summed E-state index contributed by atoms with van der Waals surface area (Å²) in [4.78, 5) is 18.9. The van der Waals surface area contributed by atoms with Crippen LogP contribution in [0.25, 0.3) is 0 Å². The molecule has 0 bridgehead atoms. The zero-order chi connectivity index (χ0) is 20.5. The summed E-state index contributed by atoms with van der Waals surface area (Å²) in [6.07, 6.45) is 2.57. The van der Waals surface area contributed by atoms with Crippen LogP contribution in [0, 0.1) is 0 Å². The Kier molecular flexibility index (Phi) is 5.72. The summed E-state index contributed by atoms with van der Waals surface area (Å²) in [6.45, 7) is 3.86. The Morgan fingerprint density at radius 3 is 2.34 bits per heavy atom. The summed E-state index contributed by atoms with van der Waals surface area (Å²) in [5, 5.41) is 0.834. The summed E-state index contributed by atoms with van der Waals surface area (Å²) in [7, 11) is -3.15. The molecule has 2 heterocycles. The molecule has 9 heteroatoms. The van der Waals surface area contributed by atoms with Gasteiger partial charge >= 0.3 is 0 Å². The molecule has 1 saturated carbocycles. The lowest BCUT2D eigenvalue weighted by atomic mass is 9.68. The number of ketones is 1. The molecule has 0 amide bonds. The number of Topliss-reactive ketones (excluding diaryl/α,β-unsaturated/α-hetero) is 1. The smallest absolute Gasteiger partial charge is 0.213 e. The van der Waals surface area contributed by atoms with Crippen molar-refractivity contribution in [3.8, 4) is 0 Å². The first-order valence-corrected chi connectivity index (χ1v) is 12.5. The van der Waals surface area contributed by atoms with Crippen molar-refractivity contribution in [2.45, 2.75) is 38.0 Å². The summed E-state index contributed by atoms with van der Waals surface area (Å²) < 4.78 is 30.5. The standard InChI is InChI=1S/C20H26N4O3S2/c1-2-29(26,27)24-14-12-23(13-15-24)19-21-18(22-28-19)20(10-8-17(25)9-11-20)16-6-4-3-5-7-16/h3-7H,2,8-15H2,1H3. The average Bonchev–Trinajstić information content (AvgIpc) is 3.26. The molecule has 4 rings (SSSR count). The monoisotopic (exact) mass is 434 g/mol. The van der Waals surface area contributed by atoms with Gasteiger partial charge in [-0.2, -0.15) is 8.68 Å². The predicted molar refractivity (Wildman–Crippen MR) is 114 cm³/mol. The second-order valence-electron chi connectivity index (χ2n) is 7.67. The highest BCUT2D eigenvalue weighted by Gasteiger charge is 2.41. The van der Waals surface area contributed by atoms with Crippen LogP contribution in [0.15, 0.2) is 30.3 Å². The summed E-state index contributed by atoms with van der Waals surface area (Å²) >= 11 is 1.37. The van der Waals surface area contributed by atoms with Crippen LogP contribution in [0.4, 0.5) is 5.13 Å². The maximum Gasteiger partial charge on any atom is 0.213 e. The number of rotatable bonds is 5. The number of hydrogen-bond acceptors (Lipinski definition) is 7. The molecule has 1 aliphatic heterocycles. The van der Waals surface area contributed by atoms with Crippen LogP contribution in [0.2, 0.25) is 0 Å².